The van der Waals surface area contributed by atoms with Gasteiger partial charge in [-0.1, -0.05) is 164 Å². The molecule has 1 nitrogen and oxygen atoms in total. The molecule has 7 atom stereocenters. The molecular formula is C52H42O. The van der Waals surface area contributed by atoms with Crippen LogP contribution in [0.25, 0.3) is 49.9 Å². The Kier molecular flexibility index (Phi) is 7.29. The van der Waals surface area contributed by atoms with Gasteiger partial charge in [-0.3, -0.25) is 0 Å². The van der Waals surface area contributed by atoms with Gasteiger partial charge in [0.1, 0.15) is 11.2 Å². The van der Waals surface area contributed by atoms with Crippen LogP contribution in [0, 0.1) is 23.7 Å². The molecule has 0 aliphatic heterocycles. The highest BCUT2D eigenvalue weighted by atomic mass is 16.3. The van der Waals surface area contributed by atoms with E-state index in [1.807, 2.05) is 0 Å². The topological polar surface area (TPSA) is 13.1 Å². The summed E-state index contributed by atoms with van der Waals surface area (Å²) < 4.78 is 6.75. The van der Waals surface area contributed by atoms with Crippen LogP contribution in [0.3, 0.4) is 0 Å². The van der Waals surface area contributed by atoms with Crippen molar-refractivity contribution in [3.8, 4) is 11.1 Å². The van der Waals surface area contributed by atoms with E-state index in [1.165, 1.54) is 66.9 Å². The SMILES string of the molecule is C1=CC2C(C=CC3c4ccccc4C=CC32)C=C1C1CC(c2ccccc2)CC(c2cc3c(oc4cccc(-c5ccccc5)c43)c3ccccc23)C1. The predicted octanol–water partition coefficient (Wildman–Crippen LogP) is 13.8. The molecule has 53 heavy (non-hydrogen) atoms. The molecule has 0 radical (unpaired) electrons. The third-order valence-corrected chi connectivity index (χ3v) is 13.1. The molecule has 0 spiro atoms. The average Bonchev–Trinajstić information content (AvgIpc) is 3.62. The van der Waals surface area contributed by atoms with Gasteiger partial charge in [0.25, 0.3) is 0 Å². The number of fused-ring (bicyclic) bond motifs is 10. The maximum atomic E-state index is 6.75. The minimum Gasteiger partial charge on any atom is -0.455 e. The Balaban J connectivity index is 1.02. The first-order valence-corrected chi connectivity index (χ1v) is 19.6. The minimum atomic E-state index is 0.415. The second-order valence-corrected chi connectivity index (χ2v) is 15.9. The van der Waals surface area contributed by atoms with Gasteiger partial charge in [-0.15, -0.1) is 0 Å². The van der Waals surface area contributed by atoms with E-state index < -0.39 is 0 Å². The van der Waals surface area contributed by atoms with Crippen molar-refractivity contribution >= 4 is 38.8 Å². The Labute approximate surface area is 311 Å². The molecule has 0 saturated heterocycles. The molecule has 1 aromatic heterocycles. The van der Waals surface area contributed by atoms with Gasteiger partial charge in [0.05, 0.1) is 0 Å². The molecule has 4 aliphatic carbocycles. The molecule has 1 heteroatoms. The van der Waals surface area contributed by atoms with Crippen molar-refractivity contribution in [2.24, 2.45) is 23.7 Å². The lowest BCUT2D eigenvalue weighted by atomic mass is 9.62. The van der Waals surface area contributed by atoms with Crippen LogP contribution in [-0.4, -0.2) is 0 Å². The highest BCUT2D eigenvalue weighted by Gasteiger charge is 2.39. The Bertz CT molecular complexity index is 2630. The number of hydrogen-bond donors (Lipinski definition) is 0. The molecule has 4 aliphatic rings. The summed E-state index contributed by atoms with van der Waals surface area (Å²) >= 11 is 0. The fourth-order valence-corrected chi connectivity index (χ4v) is 10.7. The monoisotopic (exact) mass is 682 g/mol. The molecule has 7 unspecified atom stereocenters. The summed E-state index contributed by atoms with van der Waals surface area (Å²) in [6.45, 7) is 0. The van der Waals surface area contributed by atoms with Gasteiger partial charge in [-0.25, -0.2) is 0 Å². The van der Waals surface area contributed by atoms with Gasteiger partial charge in [0.15, 0.2) is 0 Å². The molecule has 1 fully saturated rings. The Morgan fingerprint density at radius 1 is 0.509 bits per heavy atom. The molecule has 11 rings (SSSR count). The van der Waals surface area contributed by atoms with Crippen LogP contribution >= 0.6 is 0 Å². The van der Waals surface area contributed by atoms with Crippen molar-refractivity contribution in [2.45, 2.75) is 37.0 Å². The van der Waals surface area contributed by atoms with Crippen molar-refractivity contribution in [1.29, 1.82) is 0 Å². The maximum Gasteiger partial charge on any atom is 0.143 e. The van der Waals surface area contributed by atoms with Gasteiger partial charge in [0.2, 0.25) is 0 Å². The van der Waals surface area contributed by atoms with Gasteiger partial charge in [-0.05, 0) is 105 Å². The number of furan rings is 1. The van der Waals surface area contributed by atoms with Crippen LogP contribution in [0.15, 0.2) is 180 Å². The third-order valence-electron chi connectivity index (χ3n) is 13.1. The second-order valence-electron chi connectivity index (χ2n) is 15.9. The van der Waals surface area contributed by atoms with E-state index in [2.05, 4.69) is 176 Å². The second kappa shape index (κ2) is 12.5. The number of benzene rings is 6. The fraction of sp³-hybridized carbons (Fsp3) is 0.192. The molecule has 256 valence electrons. The first-order valence-electron chi connectivity index (χ1n) is 19.6. The molecule has 0 amide bonds. The van der Waals surface area contributed by atoms with Crippen molar-refractivity contribution in [3.05, 3.63) is 198 Å². The van der Waals surface area contributed by atoms with Crippen molar-refractivity contribution in [2.75, 3.05) is 0 Å². The zero-order valence-electron chi connectivity index (χ0n) is 29.8. The first-order chi connectivity index (χ1) is 26.3. The van der Waals surface area contributed by atoms with E-state index in [4.69, 9.17) is 4.42 Å². The van der Waals surface area contributed by atoms with Crippen molar-refractivity contribution in [1.82, 2.24) is 0 Å². The zero-order valence-corrected chi connectivity index (χ0v) is 29.8. The molecule has 0 bridgehead atoms. The summed E-state index contributed by atoms with van der Waals surface area (Å²) in [6.07, 6.45) is 21.1. The van der Waals surface area contributed by atoms with Gasteiger partial charge in [-0.2, -0.15) is 0 Å². The Morgan fingerprint density at radius 3 is 2.13 bits per heavy atom. The fourth-order valence-electron chi connectivity index (χ4n) is 10.7. The summed E-state index contributed by atoms with van der Waals surface area (Å²) in [4.78, 5) is 0. The molecule has 1 heterocycles. The van der Waals surface area contributed by atoms with E-state index in [9.17, 15) is 0 Å². The highest BCUT2D eigenvalue weighted by molar-refractivity contribution is 6.19. The van der Waals surface area contributed by atoms with Crippen LogP contribution in [0.2, 0.25) is 0 Å². The molecule has 7 aromatic rings. The zero-order chi connectivity index (χ0) is 34.9. The summed E-state index contributed by atoms with van der Waals surface area (Å²) in [5.74, 6) is 3.30. The van der Waals surface area contributed by atoms with E-state index in [1.54, 1.807) is 0 Å². The summed E-state index contributed by atoms with van der Waals surface area (Å²) in [6, 6.07) is 49.1. The third kappa shape index (κ3) is 5.12. The predicted molar refractivity (Wildman–Crippen MR) is 221 cm³/mol. The molecule has 0 N–H and O–H groups in total. The Morgan fingerprint density at radius 2 is 1.25 bits per heavy atom. The quantitative estimate of drug-likeness (QED) is 0.168. The normalized spacial score (nSPS) is 26.0. The van der Waals surface area contributed by atoms with Crippen LogP contribution < -0.4 is 0 Å². The lowest BCUT2D eigenvalue weighted by Crippen LogP contribution is -2.31. The summed E-state index contributed by atoms with van der Waals surface area (Å²) in [5.41, 5.74) is 11.7. The minimum absolute atomic E-state index is 0.415. The number of rotatable bonds is 4. The summed E-state index contributed by atoms with van der Waals surface area (Å²) in [7, 11) is 0. The number of allylic oxidation sites excluding steroid dienone is 7. The molecule has 1 saturated carbocycles. The van der Waals surface area contributed by atoms with Gasteiger partial charge in [0, 0.05) is 28.0 Å². The average molecular weight is 683 g/mol. The van der Waals surface area contributed by atoms with E-state index in [0.29, 0.717) is 41.4 Å². The van der Waals surface area contributed by atoms with Crippen LogP contribution in [0.5, 0.6) is 0 Å². The number of hydrogen-bond acceptors (Lipinski definition) is 1. The lowest BCUT2D eigenvalue weighted by Gasteiger charge is -2.42. The molecule has 6 aromatic carbocycles. The van der Waals surface area contributed by atoms with Crippen LogP contribution in [0.1, 0.15) is 59.3 Å². The van der Waals surface area contributed by atoms with Crippen molar-refractivity contribution < 1.29 is 4.42 Å². The lowest BCUT2D eigenvalue weighted by molar-refractivity contribution is 0.316. The van der Waals surface area contributed by atoms with E-state index in [-0.39, 0.29) is 0 Å². The smallest absolute Gasteiger partial charge is 0.143 e. The Hall–Kier alpha value is -5.66. The molecular weight excluding hydrogens is 641 g/mol. The van der Waals surface area contributed by atoms with Gasteiger partial charge < -0.3 is 4.42 Å². The van der Waals surface area contributed by atoms with E-state index in [0.717, 1.165) is 24.0 Å². The largest absolute Gasteiger partial charge is 0.455 e. The van der Waals surface area contributed by atoms with Crippen LogP contribution in [-0.2, 0) is 0 Å². The van der Waals surface area contributed by atoms with Gasteiger partial charge >= 0.3 is 0 Å². The highest BCUT2D eigenvalue weighted by Crippen LogP contribution is 2.53. The summed E-state index contributed by atoms with van der Waals surface area (Å²) in [5, 5.41) is 5.00. The van der Waals surface area contributed by atoms with Crippen molar-refractivity contribution in [3.63, 3.8) is 0 Å². The van der Waals surface area contributed by atoms with Crippen LogP contribution in [0.4, 0.5) is 0 Å². The van der Waals surface area contributed by atoms with E-state index >= 15 is 0 Å². The maximum absolute atomic E-state index is 6.75. The first kappa shape index (κ1) is 30.9. The standard InChI is InChI=1S/C52H42O/c1-3-12-33(13-4-1)38-29-39(36-23-25-42-37(28-36)24-27-45-41-17-8-7-16-35(41)22-26-46(42)45)31-40(30-38)48-32-49-51-43(34-14-5-2-6-15-34)20-11-21-50(51)53-52(49)47-19-10-9-18-44(47)48/h1-28,32,37-40,42,45-46H,29-31H2.